The molecule has 0 atom stereocenters. The molecule has 0 bridgehead atoms. The summed E-state index contributed by atoms with van der Waals surface area (Å²) in [6, 6.07) is 7.45. The Morgan fingerprint density at radius 3 is 2.93 bits per heavy atom. The van der Waals surface area contributed by atoms with Crippen molar-refractivity contribution in [3.8, 4) is 0 Å². The SMILES string of the molecule is O=C1NCCc2ccccc2C1=NO. The summed E-state index contributed by atoms with van der Waals surface area (Å²) in [5.74, 6) is -0.322. The predicted molar refractivity (Wildman–Crippen MR) is 51.5 cm³/mol. The van der Waals surface area contributed by atoms with E-state index in [0.29, 0.717) is 12.1 Å². The van der Waals surface area contributed by atoms with Gasteiger partial charge in [-0.1, -0.05) is 29.4 Å². The molecule has 14 heavy (non-hydrogen) atoms. The van der Waals surface area contributed by atoms with E-state index in [-0.39, 0.29) is 11.6 Å². The van der Waals surface area contributed by atoms with Gasteiger partial charge in [0.1, 0.15) is 0 Å². The lowest BCUT2D eigenvalue weighted by Gasteiger charge is -2.02. The van der Waals surface area contributed by atoms with Gasteiger partial charge >= 0.3 is 0 Å². The fourth-order valence-corrected chi connectivity index (χ4v) is 1.59. The van der Waals surface area contributed by atoms with Crippen LogP contribution in [0, 0.1) is 0 Å². The van der Waals surface area contributed by atoms with Gasteiger partial charge in [-0.05, 0) is 12.0 Å². The topological polar surface area (TPSA) is 61.7 Å². The van der Waals surface area contributed by atoms with Crippen LogP contribution in [0.4, 0.5) is 0 Å². The van der Waals surface area contributed by atoms with E-state index in [1.165, 1.54) is 0 Å². The van der Waals surface area contributed by atoms with Crippen LogP contribution in [-0.2, 0) is 11.2 Å². The van der Waals surface area contributed by atoms with E-state index < -0.39 is 0 Å². The molecule has 1 heterocycles. The van der Waals surface area contributed by atoms with Gasteiger partial charge in [-0.25, -0.2) is 0 Å². The minimum Gasteiger partial charge on any atom is -0.410 e. The van der Waals surface area contributed by atoms with Crippen molar-refractivity contribution < 1.29 is 10.0 Å². The number of hydrogen-bond donors (Lipinski definition) is 2. The van der Waals surface area contributed by atoms with Crippen molar-refractivity contribution in [2.45, 2.75) is 6.42 Å². The molecule has 0 aliphatic carbocycles. The van der Waals surface area contributed by atoms with E-state index in [9.17, 15) is 4.79 Å². The van der Waals surface area contributed by atoms with E-state index in [2.05, 4.69) is 10.5 Å². The van der Waals surface area contributed by atoms with Gasteiger partial charge in [-0.15, -0.1) is 0 Å². The molecule has 0 aromatic heterocycles. The molecule has 4 nitrogen and oxygen atoms in total. The Morgan fingerprint density at radius 1 is 1.36 bits per heavy atom. The van der Waals surface area contributed by atoms with Crippen LogP contribution in [0.3, 0.4) is 0 Å². The maximum atomic E-state index is 11.4. The molecule has 0 radical (unpaired) electrons. The minimum atomic E-state index is -0.322. The third-order valence-electron chi connectivity index (χ3n) is 2.27. The van der Waals surface area contributed by atoms with Gasteiger partial charge in [0.2, 0.25) is 0 Å². The predicted octanol–water partition coefficient (Wildman–Crippen LogP) is 0.537. The fourth-order valence-electron chi connectivity index (χ4n) is 1.59. The third-order valence-corrected chi connectivity index (χ3v) is 2.27. The summed E-state index contributed by atoms with van der Waals surface area (Å²) >= 11 is 0. The van der Waals surface area contributed by atoms with Crippen molar-refractivity contribution >= 4 is 11.6 Å². The second kappa shape index (κ2) is 3.49. The maximum absolute atomic E-state index is 11.4. The first-order valence-corrected chi connectivity index (χ1v) is 4.41. The average Bonchev–Trinajstić information content (AvgIpc) is 2.36. The normalized spacial score (nSPS) is 18.6. The Balaban J connectivity index is 2.56. The first kappa shape index (κ1) is 8.74. The quantitative estimate of drug-likeness (QED) is 0.463. The number of carbonyl (C=O) groups excluding carboxylic acids is 1. The molecule has 4 heteroatoms. The molecule has 0 saturated heterocycles. The highest BCUT2D eigenvalue weighted by atomic mass is 16.4. The molecule has 2 N–H and O–H groups in total. The third kappa shape index (κ3) is 1.35. The fraction of sp³-hybridized carbons (Fsp3) is 0.200. The van der Waals surface area contributed by atoms with E-state index in [4.69, 9.17) is 5.21 Å². The smallest absolute Gasteiger partial charge is 0.273 e. The highest BCUT2D eigenvalue weighted by molar-refractivity contribution is 6.45. The van der Waals surface area contributed by atoms with Gasteiger partial charge in [0.25, 0.3) is 5.91 Å². The Labute approximate surface area is 81.2 Å². The van der Waals surface area contributed by atoms with Gasteiger partial charge in [0.15, 0.2) is 5.71 Å². The molecule has 72 valence electrons. The second-order valence-electron chi connectivity index (χ2n) is 3.11. The highest BCUT2D eigenvalue weighted by Gasteiger charge is 2.20. The van der Waals surface area contributed by atoms with Crippen LogP contribution in [0.15, 0.2) is 29.4 Å². The number of rotatable bonds is 0. The van der Waals surface area contributed by atoms with Crippen LogP contribution in [0.2, 0.25) is 0 Å². The van der Waals surface area contributed by atoms with Crippen LogP contribution in [0.1, 0.15) is 11.1 Å². The van der Waals surface area contributed by atoms with Gasteiger partial charge in [0.05, 0.1) is 0 Å². The molecule has 1 amide bonds. The number of amides is 1. The van der Waals surface area contributed by atoms with Crippen molar-refractivity contribution in [1.82, 2.24) is 5.32 Å². The summed E-state index contributed by atoms with van der Waals surface area (Å²) in [6.45, 7) is 0.578. The van der Waals surface area contributed by atoms with Crippen molar-refractivity contribution in [3.05, 3.63) is 35.4 Å². The molecule has 0 saturated carbocycles. The summed E-state index contributed by atoms with van der Waals surface area (Å²) < 4.78 is 0. The summed E-state index contributed by atoms with van der Waals surface area (Å²) in [5.41, 5.74) is 1.83. The first-order chi connectivity index (χ1) is 6.83. The van der Waals surface area contributed by atoms with Crippen molar-refractivity contribution in [2.24, 2.45) is 5.16 Å². The largest absolute Gasteiger partial charge is 0.410 e. The lowest BCUT2D eigenvalue weighted by atomic mass is 10.0. The van der Waals surface area contributed by atoms with Crippen LogP contribution < -0.4 is 5.32 Å². The zero-order chi connectivity index (χ0) is 9.97. The second-order valence-corrected chi connectivity index (χ2v) is 3.11. The molecule has 2 rings (SSSR count). The number of fused-ring (bicyclic) bond motifs is 1. The molecular formula is C10H10N2O2. The zero-order valence-corrected chi connectivity index (χ0v) is 7.53. The number of carbonyl (C=O) groups is 1. The number of benzene rings is 1. The van der Waals surface area contributed by atoms with Gasteiger partial charge in [-0.3, -0.25) is 4.79 Å². The van der Waals surface area contributed by atoms with E-state index in [1.807, 2.05) is 18.2 Å². The van der Waals surface area contributed by atoms with Gasteiger partial charge in [-0.2, -0.15) is 0 Å². The Kier molecular flexibility index (Phi) is 2.18. The molecule has 1 aliphatic rings. The molecule has 0 spiro atoms. The summed E-state index contributed by atoms with van der Waals surface area (Å²) in [5, 5.41) is 14.5. The monoisotopic (exact) mass is 190 g/mol. The minimum absolute atomic E-state index is 0.0955. The van der Waals surface area contributed by atoms with E-state index in [1.54, 1.807) is 6.07 Å². The number of nitrogens with one attached hydrogen (secondary N) is 1. The number of hydrogen-bond acceptors (Lipinski definition) is 3. The molecule has 1 aromatic carbocycles. The highest BCUT2D eigenvalue weighted by Crippen LogP contribution is 2.13. The number of nitrogens with zero attached hydrogens (tertiary/aromatic N) is 1. The standard InChI is InChI=1S/C10H10N2O2/c13-10-9(12-14)8-4-2-1-3-7(8)5-6-11-10/h1-4,14H,5-6H2,(H,11,13). The first-order valence-electron chi connectivity index (χ1n) is 4.41. The van der Waals surface area contributed by atoms with Crippen molar-refractivity contribution in [1.29, 1.82) is 0 Å². The van der Waals surface area contributed by atoms with Crippen LogP contribution in [0.25, 0.3) is 0 Å². The average molecular weight is 190 g/mol. The van der Waals surface area contributed by atoms with E-state index >= 15 is 0 Å². The summed E-state index contributed by atoms with van der Waals surface area (Å²) in [7, 11) is 0. The number of oxime groups is 1. The van der Waals surface area contributed by atoms with Gasteiger partial charge in [0, 0.05) is 12.1 Å². The van der Waals surface area contributed by atoms with Crippen molar-refractivity contribution in [2.75, 3.05) is 6.54 Å². The lowest BCUT2D eigenvalue weighted by molar-refractivity contribution is -0.114. The molecule has 1 aromatic rings. The van der Waals surface area contributed by atoms with Crippen LogP contribution in [-0.4, -0.2) is 23.4 Å². The Hall–Kier alpha value is -1.84. The van der Waals surface area contributed by atoms with Crippen LogP contribution in [0.5, 0.6) is 0 Å². The van der Waals surface area contributed by atoms with Crippen LogP contribution >= 0.6 is 0 Å². The Morgan fingerprint density at radius 2 is 2.14 bits per heavy atom. The molecule has 0 unspecified atom stereocenters. The van der Waals surface area contributed by atoms with Crippen molar-refractivity contribution in [3.63, 3.8) is 0 Å². The zero-order valence-electron chi connectivity index (χ0n) is 7.53. The van der Waals surface area contributed by atoms with E-state index in [0.717, 1.165) is 12.0 Å². The summed E-state index contributed by atoms with van der Waals surface area (Å²) in [6.07, 6.45) is 0.765. The molecule has 0 fully saturated rings. The molecular weight excluding hydrogens is 180 g/mol. The Bertz CT molecular complexity index is 399. The van der Waals surface area contributed by atoms with Gasteiger partial charge < -0.3 is 10.5 Å². The lowest BCUT2D eigenvalue weighted by Crippen LogP contribution is -2.30. The summed E-state index contributed by atoms with van der Waals surface area (Å²) in [4.78, 5) is 11.4. The molecule has 1 aliphatic heterocycles. The maximum Gasteiger partial charge on any atom is 0.273 e.